The molecular formula is C20H26N2O3S2. The van der Waals surface area contributed by atoms with E-state index in [9.17, 15) is 13.2 Å². The van der Waals surface area contributed by atoms with Gasteiger partial charge < -0.3 is 5.32 Å². The highest BCUT2D eigenvalue weighted by Crippen LogP contribution is 2.27. The third-order valence-electron chi connectivity index (χ3n) is 5.23. The lowest BCUT2D eigenvalue weighted by atomic mass is 9.97. The summed E-state index contributed by atoms with van der Waals surface area (Å²) in [6.07, 6.45) is 1.41. The molecule has 1 N–H and O–H groups in total. The second-order valence-corrected chi connectivity index (χ2v) is 10.3. The number of carbonyl (C=O) groups is 1. The van der Waals surface area contributed by atoms with Gasteiger partial charge in [0, 0.05) is 13.1 Å². The number of sulfonamides is 1. The Bertz CT molecular complexity index is 907. The van der Waals surface area contributed by atoms with Gasteiger partial charge in [-0.05, 0) is 61.7 Å². The first kappa shape index (κ1) is 20.0. The Kier molecular flexibility index (Phi) is 6.03. The van der Waals surface area contributed by atoms with Crippen LogP contribution in [0.1, 0.15) is 42.5 Å². The summed E-state index contributed by atoms with van der Waals surface area (Å²) in [6, 6.07) is 9.42. The number of nitrogens with one attached hydrogen (secondary N) is 1. The molecule has 0 spiro atoms. The molecule has 0 radical (unpaired) electrons. The van der Waals surface area contributed by atoms with Crippen molar-refractivity contribution in [2.45, 2.75) is 43.9 Å². The van der Waals surface area contributed by atoms with Gasteiger partial charge in [0.05, 0.1) is 12.0 Å². The van der Waals surface area contributed by atoms with Crippen molar-refractivity contribution in [1.82, 2.24) is 9.62 Å². The minimum Gasteiger partial charge on any atom is -0.349 e. The highest BCUT2D eigenvalue weighted by molar-refractivity contribution is 7.91. The third-order valence-corrected chi connectivity index (χ3v) is 8.47. The molecule has 1 aromatic heterocycles. The largest absolute Gasteiger partial charge is 0.349 e. The second kappa shape index (κ2) is 8.12. The van der Waals surface area contributed by atoms with Gasteiger partial charge in [0.2, 0.25) is 5.91 Å². The SMILES string of the molecule is Cc1ccc([C@H](C)NC(=O)[C@@H]2CCCN(S(=O)(=O)c3cccs3)C2)cc1C. The van der Waals surface area contributed by atoms with Crippen molar-refractivity contribution in [3.8, 4) is 0 Å². The fourth-order valence-corrected chi connectivity index (χ4v) is 6.03. The van der Waals surface area contributed by atoms with E-state index in [1.807, 2.05) is 13.0 Å². The van der Waals surface area contributed by atoms with E-state index in [2.05, 4.69) is 31.3 Å². The van der Waals surface area contributed by atoms with Crippen molar-refractivity contribution in [2.75, 3.05) is 13.1 Å². The molecule has 2 heterocycles. The molecule has 27 heavy (non-hydrogen) atoms. The average molecular weight is 407 g/mol. The summed E-state index contributed by atoms with van der Waals surface area (Å²) < 4.78 is 27.3. The van der Waals surface area contributed by atoms with Gasteiger partial charge in [0.1, 0.15) is 4.21 Å². The van der Waals surface area contributed by atoms with Gasteiger partial charge >= 0.3 is 0 Å². The van der Waals surface area contributed by atoms with Gasteiger partial charge in [0.25, 0.3) is 10.0 Å². The second-order valence-electron chi connectivity index (χ2n) is 7.21. The van der Waals surface area contributed by atoms with Crippen molar-refractivity contribution in [2.24, 2.45) is 5.92 Å². The first-order chi connectivity index (χ1) is 12.8. The number of hydrogen-bond acceptors (Lipinski definition) is 4. The van der Waals surface area contributed by atoms with Crippen LogP contribution >= 0.6 is 11.3 Å². The number of nitrogens with zero attached hydrogens (tertiary/aromatic N) is 1. The van der Waals surface area contributed by atoms with Gasteiger partial charge in [-0.25, -0.2) is 8.42 Å². The van der Waals surface area contributed by atoms with Gasteiger partial charge in [-0.3, -0.25) is 4.79 Å². The molecule has 5 nitrogen and oxygen atoms in total. The Balaban J connectivity index is 1.67. The number of carbonyl (C=O) groups excluding carboxylic acids is 1. The third kappa shape index (κ3) is 4.42. The standard InChI is InChI=1S/C20H26N2O3S2/c1-14-8-9-17(12-15(14)2)16(3)21-20(23)18-6-4-10-22(13-18)27(24,25)19-7-5-11-26-19/h5,7-9,11-12,16,18H,4,6,10,13H2,1-3H3,(H,21,23)/t16-,18+/m0/s1. The Labute approximate surface area is 165 Å². The molecule has 1 fully saturated rings. The van der Waals surface area contributed by atoms with E-state index >= 15 is 0 Å². The molecule has 1 saturated heterocycles. The highest BCUT2D eigenvalue weighted by atomic mass is 32.2. The van der Waals surface area contributed by atoms with E-state index in [1.165, 1.54) is 26.8 Å². The van der Waals surface area contributed by atoms with Crippen LogP contribution in [0, 0.1) is 19.8 Å². The van der Waals surface area contributed by atoms with Crippen molar-refractivity contribution in [3.63, 3.8) is 0 Å². The number of amides is 1. The van der Waals surface area contributed by atoms with Crippen molar-refractivity contribution < 1.29 is 13.2 Å². The number of rotatable bonds is 5. The summed E-state index contributed by atoms with van der Waals surface area (Å²) in [6.45, 7) is 6.79. The summed E-state index contributed by atoms with van der Waals surface area (Å²) in [4.78, 5) is 12.8. The Hall–Kier alpha value is -1.70. The minimum atomic E-state index is -3.50. The Morgan fingerprint density at radius 2 is 2.04 bits per heavy atom. The number of hydrogen-bond donors (Lipinski definition) is 1. The molecule has 7 heteroatoms. The summed E-state index contributed by atoms with van der Waals surface area (Å²) in [5, 5.41) is 4.82. The fraction of sp³-hybridized carbons (Fsp3) is 0.450. The van der Waals surface area contributed by atoms with Crippen LogP contribution in [0.3, 0.4) is 0 Å². The first-order valence-electron chi connectivity index (χ1n) is 9.20. The van der Waals surface area contributed by atoms with E-state index < -0.39 is 10.0 Å². The van der Waals surface area contributed by atoms with E-state index in [0.29, 0.717) is 23.6 Å². The number of thiophene rings is 1. The lowest BCUT2D eigenvalue weighted by Crippen LogP contribution is -2.45. The fourth-order valence-electron chi connectivity index (χ4n) is 3.36. The monoisotopic (exact) mass is 406 g/mol. The summed E-state index contributed by atoms with van der Waals surface area (Å²) in [7, 11) is -3.50. The van der Waals surface area contributed by atoms with Gasteiger partial charge in [-0.15, -0.1) is 11.3 Å². The van der Waals surface area contributed by atoms with Gasteiger partial charge in [0.15, 0.2) is 0 Å². The zero-order valence-electron chi connectivity index (χ0n) is 15.9. The van der Waals surface area contributed by atoms with Crippen molar-refractivity contribution in [3.05, 3.63) is 52.4 Å². The maximum atomic E-state index is 12.8. The van der Waals surface area contributed by atoms with Crippen LogP contribution in [0.2, 0.25) is 0 Å². The predicted molar refractivity (Wildman–Crippen MR) is 108 cm³/mol. The molecule has 2 atom stereocenters. The molecule has 0 bridgehead atoms. The lowest BCUT2D eigenvalue weighted by molar-refractivity contribution is -0.126. The van der Waals surface area contributed by atoms with E-state index in [-0.39, 0.29) is 24.4 Å². The number of piperidine rings is 1. The highest BCUT2D eigenvalue weighted by Gasteiger charge is 2.34. The normalized spacial score (nSPS) is 19.6. The molecule has 0 unspecified atom stereocenters. The quantitative estimate of drug-likeness (QED) is 0.824. The molecular weight excluding hydrogens is 380 g/mol. The van der Waals surface area contributed by atoms with Crippen LogP contribution in [-0.2, 0) is 14.8 Å². The number of benzene rings is 1. The molecule has 0 aliphatic carbocycles. The number of aryl methyl sites for hydroxylation is 2. The average Bonchev–Trinajstić information content (AvgIpc) is 3.19. The van der Waals surface area contributed by atoms with Crippen LogP contribution in [0.4, 0.5) is 0 Å². The van der Waals surface area contributed by atoms with E-state index in [0.717, 1.165) is 5.56 Å². The zero-order chi connectivity index (χ0) is 19.6. The van der Waals surface area contributed by atoms with Crippen LogP contribution < -0.4 is 5.32 Å². The minimum absolute atomic E-state index is 0.0770. The molecule has 3 rings (SSSR count). The smallest absolute Gasteiger partial charge is 0.252 e. The summed E-state index contributed by atoms with van der Waals surface area (Å²) in [5.41, 5.74) is 3.48. The van der Waals surface area contributed by atoms with Crippen LogP contribution in [0.15, 0.2) is 39.9 Å². The van der Waals surface area contributed by atoms with Crippen LogP contribution in [0.5, 0.6) is 0 Å². The lowest BCUT2D eigenvalue weighted by Gasteiger charge is -2.31. The molecule has 0 saturated carbocycles. The Morgan fingerprint density at radius 1 is 1.26 bits per heavy atom. The molecule has 1 amide bonds. The molecule has 1 aliphatic heterocycles. The summed E-state index contributed by atoms with van der Waals surface area (Å²) in [5.74, 6) is -0.394. The van der Waals surface area contributed by atoms with Crippen LogP contribution in [-0.4, -0.2) is 31.7 Å². The topological polar surface area (TPSA) is 66.5 Å². The first-order valence-corrected chi connectivity index (χ1v) is 11.5. The van der Waals surface area contributed by atoms with Gasteiger partial charge in [-0.1, -0.05) is 24.3 Å². The Morgan fingerprint density at radius 3 is 2.70 bits per heavy atom. The maximum Gasteiger partial charge on any atom is 0.252 e. The molecule has 1 aromatic carbocycles. The zero-order valence-corrected chi connectivity index (χ0v) is 17.6. The predicted octanol–water partition coefficient (Wildman–Crippen LogP) is 3.64. The van der Waals surface area contributed by atoms with Crippen molar-refractivity contribution in [1.29, 1.82) is 0 Å². The summed E-state index contributed by atoms with van der Waals surface area (Å²) >= 11 is 1.21. The molecule has 146 valence electrons. The maximum absolute atomic E-state index is 12.8. The van der Waals surface area contributed by atoms with E-state index in [1.54, 1.807) is 17.5 Å². The molecule has 1 aliphatic rings. The molecule has 2 aromatic rings. The van der Waals surface area contributed by atoms with Crippen LogP contribution in [0.25, 0.3) is 0 Å². The van der Waals surface area contributed by atoms with E-state index in [4.69, 9.17) is 0 Å². The van der Waals surface area contributed by atoms with Crippen molar-refractivity contribution >= 4 is 27.3 Å². The van der Waals surface area contributed by atoms with Gasteiger partial charge in [-0.2, -0.15) is 4.31 Å².